The Hall–Kier alpha value is -1.89. The quantitative estimate of drug-likeness (QED) is 0.596. The highest BCUT2D eigenvalue weighted by atomic mass is 32.1. The lowest BCUT2D eigenvalue weighted by Gasteiger charge is -2.09. The van der Waals surface area contributed by atoms with E-state index < -0.39 is 5.76 Å². The highest BCUT2D eigenvalue weighted by molar-refractivity contribution is 7.27. The Morgan fingerprint density at radius 1 is 1.20 bits per heavy atom. The molecule has 0 aliphatic carbocycles. The number of aromatic amines is 1. The van der Waals surface area contributed by atoms with E-state index in [9.17, 15) is 4.79 Å². The van der Waals surface area contributed by atoms with Gasteiger partial charge in [0.05, 0.1) is 11.6 Å². The van der Waals surface area contributed by atoms with Crippen LogP contribution in [-0.4, -0.2) is 4.98 Å². The maximum absolute atomic E-state index is 11.2. The molecule has 20 heavy (non-hydrogen) atoms. The molecule has 3 heterocycles. The third-order valence-corrected chi connectivity index (χ3v) is 5.45. The van der Waals surface area contributed by atoms with Gasteiger partial charge in [-0.25, -0.2) is 4.79 Å². The first-order valence-electron chi connectivity index (χ1n) is 6.06. The van der Waals surface area contributed by atoms with Gasteiger partial charge < -0.3 is 10.2 Å². The summed E-state index contributed by atoms with van der Waals surface area (Å²) in [6.45, 7) is 0. The van der Waals surface area contributed by atoms with Crippen molar-refractivity contribution in [1.82, 2.24) is 4.98 Å². The summed E-state index contributed by atoms with van der Waals surface area (Å²) in [5.74, 6) is -0.442. The first-order chi connectivity index (χ1) is 9.70. The van der Waals surface area contributed by atoms with Crippen molar-refractivity contribution in [2.75, 3.05) is 0 Å². The number of nitrogens with two attached hydrogens (primary N) is 1. The summed E-state index contributed by atoms with van der Waals surface area (Å²) in [7, 11) is 0. The van der Waals surface area contributed by atoms with Crippen molar-refractivity contribution in [3.05, 3.63) is 56.7 Å². The summed E-state index contributed by atoms with van der Waals surface area (Å²) in [5.41, 5.74) is 8.50. The predicted octanol–water partition coefficient (Wildman–Crippen LogP) is 3.45. The molecule has 1 aromatic carbocycles. The molecule has 0 aliphatic heterocycles. The van der Waals surface area contributed by atoms with Crippen LogP contribution in [0.25, 0.3) is 20.5 Å². The second-order valence-corrected chi connectivity index (χ2v) is 6.61. The lowest BCUT2D eigenvalue weighted by Crippen LogP contribution is -2.09. The van der Waals surface area contributed by atoms with Gasteiger partial charge in [0.15, 0.2) is 5.58 Å². The Kier molecular flexibility index (Phi) is 2.56. The van der Waals surface area contributed by atoms with Gasteiger partial charge in [0.2, 0.25) is 0 Å². The first kappa shape index (κ1) is 11.9. The lowest BCUT2D eigenvalue weighted by molar-refractivity contribution is 0.555. The molecule has 1 atom stereocenters. The smallest absolute Gasteiger partial charge is 0.408 e. The zero-order valence-corrected chi connectivity index (χ0v) is 11.9. The van der Waals surface area contributed by atoms with E-state index in [2.05, 4.69) is 22.5 Å². The van der Waals surface area contributed by atoms with Gasteiger partial charge in [-0.15, -0.1) is 22.7 Å². The largest absolute Gasteiger partial charge is 0.417 e. The van der Waals surface area contributed by atoms with E-state index in [1.54, 1.807) is 22.7 Å². The number of hydrogen-bond donors (Lipinski definition) is 2. The molecule has 0 spiro atoms. The van der Waals surface area contributed by atoms with Crippen molar-refractivity contribution < 1.29 is 4.42 Å². The van der Waals surface area contributed by atoms with Gasteiger partial charge in [-0.1, -0.05) is 6.07 Å². The molecule has 0 radical (unpaired) electrons. The van der Waals surface area contributed by atoms with Crippen molar-refractivity contribution in [3.8, 4) is 0 Å². The summed E-state index contributed by atoms with van der Waals surface area (Å²) in [5, 5.41) is 2.08. The molecule has 100 valence electrons. The normalized spacial score (nSPS) is 13.2. The molecule has 4 aromatic rings. The van der Waals surface area contributed by atoms with E-state index in [1.165, 1.54) is 9.40 Å². The molecule has 6 heteroatoms. The van der Waals surface area contributed by atoms with Crippen LogP contribution in [0.5, 0.6) is 0 Å². The van der Waals surface area contributed by atoms with E-state index in [0.717, 1.165) is 10.4 Å². The predicted molar refractivity (Wildman–Crippen MR) is 82.6 cm³/mol. The number of nitrogens with one attached hydrogen (secondary N) is 1. The van der Waals surface area contributed by atoms with E-state index in [0.29, 0.717) is 11.1 Å². The summed E-state index contributed by atoms with van der Waals surface area (Å²) < 4.78 is 7.60. The van der Waals surface area contributed by atoms with Crippen LogP contribution in [0, 0.1) is 0 Å². The van der Waals surface area contributed by atoms with E-state index in [1.807, 2.05) is 18.2 Å². The maximum Gasteiger partial charge on any atom is 0.417 e. The average molecular weight is 302 g/mol. The monoisotopic (exact) mass is 302 g/mol. The Balaban J connectivity index is 1.80. The molecule has 4 nitrogen and oxygen atoms in total. The number of fused-ring (bicyclic) bond motifs is 2. The van der Waals surface area contributed by atoms with E-state index in [4.69, 9.17) is 10.2 Å². The number of oxazole rings is 1. The Morgan fingerprint density at radius 2 is 2.10 bits per heavy atom. The average Bonchev–Trinajstić information content (AvgIpc) is 3.08. The summed E-state index contributed by atoms with van der Waals surface area (Å²) >= 11 is 3.42. The van der Waals surface area contributed by atoms with Crippen LogP contribution < -0.4 is 11.5 Å². The third kappa shape index (κ3) is 1.81. The molecular weight excluding hydrogens is 292 g/mol. The molecule has 4 rings (SSSR count). The molecule has 0 bridgehead atoms. The van der Waals surface area contributed by atoms with Crippen LogP contribution >= 0.6 is 22.7 Å². The minimum Gasteiger partial charge on any atom is -0.408 e. The number of benzene rings is 1. The lowest BCUT2D eigenvalue weighted by atomic mass is 10.1. The van der Waals surface area contributed by atoms with Crippen LogP contribution in [0.3, 0.4) is 0 Å². The standard InChI is InChI=1S/C14H10N2O2S2/c15-13(12-6-11-10(20-12)3-4-19-11)7-1-2-8-9(5-7)18-14(17)16-8/h1-6,13H,15H2,(H,16,17). The minimum absolute atomic E-state index is 0.204. The number of aromatic nitrogens is 1. The second kappa shape index (κ2) is 4.31. The fourth-order valence-electron chi connectivity index (χ4n) is 2.26. The topological polar surface area (TPSA) is 72.0 Å². The maximum atomic E-state index is 11.2. The Morgan fingerprint density at radius 3 is 2.95 bits per heavy atom. The van der Waals surface area contributed by atoms with Gasteiger partial charge >= 0.3 is 5.76 Å². The van der Waals surface area contributed by atoms with Crippen molar-refractivity contribution in [2.45, 2.75) is 6.04 Å². The Bertz CT molecular complexity index is 932. The molecule has 0 aliphatic rings. The van der Waals surface area contributed by atoms with Gasteiger partial charge in [-0.3, -0.25) is 4.98 Å². The van der Waals surface area contributed by atoms with Crippen molar-refractivity contribution in [3.63, 3.8) is 0 Å². The van der Waals surface area contributed by atoms with Crippen LogP contribution in [-0.2, 0) is 0 Å². The van der Waals surface area contributed by atoms with Crippen LogP contribution in [0.15, 0.2) is 44.9 Å². The molecule has 3 aromatic heterocycles. The molecule has 0 amide bonds. The zero-order chi connectivity index (χ0) is 13.7. The fraction of sp³-hybridized carbons (Fsp3) is 0.0714. The van der Waals surface area contributed by atoms with Crippen molar-refractivity contribution in [1.29, 1.82) is 0 Å². The third-order valence-electron chi connectivity index (χ3n) is 3.27. The number of rotatable bonds is 2. The van der Waals surface area contributed by atoms with Gasteiger partial charge in [0.25, 0.3) is 0 Å². The minimum atomic E-state index is -0.442. The molecule has 0 saturated carbocycles. The fourth-order valence-corrected chi connectivity index (χ4v) is 4.41. The molecule has 1 unspecified atom stereocenters. The summed E-state index contributed by atoms with van der Waals surface area (Å²) in [6.07, 6.45) is 0. The van der Waals surface area contributed by atoms with Gasteiger partial charge in [-0.05, 0) is 35.2 Å². The van der Waals surface area contributed by atoms with Crippen LogP contribution in [0.2, 0.25) is 0 Å². The molecule has 0 saturated heterocycles. The highest BCUT2D eigenvalue weighted by Gasteiger charge is 2.14. The van der Waals surface area contributed by atoms with E-state index in [-0.39, 0.29) is 6.04 Å². The molecular formula is C14H10N2O2S2. The summed E-state index contributed by atoms with van der Waals surface area (Å²) in [6, 6.07) is 9.61. The SMILES string of the molecule is NC(c1ccc2[nH]c(=O)oc2c1)c1cc2sccc2s1. The number of thiophene rings is 2. The van der Waals surface area contributed by atoms with Gasteiger partial charge in [0, 0.05) is 14.3 Å². The van der Waals surface area contributed by atoms with Gasteiger partial charge in [0.1, 0.15) is 0 Å². The number of hydrogen-bond acceptors (Lipinski definition) is 5. The van der Waals surface area contributed by atoms with Gasteiger partial charge in [-0.2, -0.15) is 0 Å². The Labute approximate surface area is 121 Å². The van der Waals surface area contributed by atoms with Crippen molar-refractivity contribution >= 4 is 43.2 Å². The van der Waals surface area contributed by atoms with E-state index >= 15 is 0 Å². The van der Waals surface area contributed by atoms with Crippen molar-refractivity contribution in [2.24, 2.45) is 5.73 Å². The molecule has 0 fully saturated rings. The second-order valence-electron chi connectivity index (χ2n) is 4.55. The van der Waals surface area contributed by atoms with Crippen LogP contribution in [0.1, 0.15) is 16.5 Å². The zero-order valence-electron chi connectivity index (χ0n) is 10.3. The van der Waals surface area contributed by atoms with Crippen LogP contribution in [0.4, 0.5) is 0 Å². The number of H-pyrrole nitrogens is 1. The molecule has 3 N–H and O–H groups in total. The highest BCUT2D eigenvalue weighted by Crippen LogP contribution is 2.35. The first-order valence-corrected chi connectivity index (χ1v) is 7.75. The summed E-state index contributed by atoms with van der Waals surface area (Å²) in [4.78, 5) is 14.9.